The number of methoxy groups -OCH3 is 1. The van der Waals surface area contributed by atoms with Crippen molar-refractivity contribution >= 4 is 33.9 Å². The quantitative estimate of drug-likeness (QED) is 0.689. The van der Waals surface area contributed by atoms with Gasteiger partial charge in [-0.05, 0) is 30.3 Å². The van der Waals surface area contributed by atoms with Gasteiger partial charge >= 0.3 is 5.97 Å². The number of benzene rings is 1. The Morgan fingerprint density at radius 1 is 1.23 bits per heavy atom. The maximum atomic E-state index is 11.7. The molecule has 0 bridgehead atoms. The fraction of sp³-hybridized carbons (Fsp3) is 0.0667. The molecule has 0 unspecified atom stereocenters. The molecule has 110 valence electrons. The van der Waals surface area contributed by atoms with Gasteiger partial charge in [-0.15, -0.1) is 10.2 Å². The van der Waals surface area contributed by atoms with Gasteiger partial charge in [0.25, 0.3) is 0 Å². The minimum atomic E-state index is -0.389. The van der Waals surface area contributed by atoms with Crippen LogP contribution in [-0.2, 0) is 4.74 Å². The molecule has 2 aromatic heterocycles. The number of esters is 1. The van der Waals surface area contributed by atoms with E-state index in [4.69, 9.17) is 4.74 Å². The Labute approximate surface area is 131 Å². The lowest BCUT2D eigenvalue weighted by atomic mass is 10.2. The number of hydrogen-bond acceptors (Lipinski definition) is 7. The summed E-state index contributed by atoms with van der Waals surface area (Å²) in [6.45, 7) is 0. The molecule has 0 aliphatic rings. The number of nitrogens with zero attached hydrogens (tertiary/aromatic N) is 4. The van der Waals surface area contributed by atoms with Gasteiger partial charge in [0.2, 0.25) is 5.13 Å². The molecule has 0 fully saturated rings. The molecular weight excluding hydrogens is 300 g/mol. The van der Waals surface area contributed by atoms with Crippen molar-refractivity contribution in [2.45, 2.75) is 0 Å². The first-order valence-electron chi connectivity index (χ1n) is 6.45. The molecule has 0 aliphatic carbocycles. The van der Waals surface area contributed by atoms with Crippen LogP contribution in [0.2, 0.25) is 0 Å². The van der Waals surface area contributed by atoms with Crippen LogP contribution in [0.15, 0.2) is 54.2 Å². The van der Waals surface area contributed by atoms with Crippen LogP contribution in [0, 0.1) is 0 Å². The van der Waals surface area contributed by atoms with Gasteiger partial charge in [0.05, 0.1) is 18.4 Å². The van der Waals surface area contributed by atoms with Gasteiger partial charge in [0.1, 0.15) is 11.3 Å². The van der Waals surface area contributed by atoms with Crippen molar-refractivity contribution in [2.24, 2.45) is 0 Å². The minimum absolute atomic E-state index is 0.389. The highest BCUT2D eigenvalue weighted by Gasteiger charge is 2.17. The van der Waals surface area contributed by atoms with Gasteiger partial charge in [0, 0.05) is 6.20 Å². The Balaban J connectivity index is 2.09. The summed E-state index contributed by atoms with van der Waals surface area (Å²) in [5.41, 5.74) is 2.87. The molecule has 0 atom stereocenters. The molecule has 0 N–H and O–H groups in total. The van der Waals surface area contributed by atoms with Crippen molar-refractivity contribution in [2.75, 3.05) is 12.0 Å². The van der Waals surface area contributed by atoms with Crippen molar-refractivity contribution < 1.29 is 9.53 Å². The van der Waals surface area contributed by atoms with Gasteiger partial charge in [-0.1, -0.05) is 23.5 Å². The molecule has 0 radical (unpaired) electrons. The number of carbonyl (C=O) groups excluding carboxylic acids is 1. The number of rotatable bonds is 4. The molecule has 0 aliphatic heterocycles. The maximum Gasteiger partial charge on any atom is 0.337 e. The monoisotopic (exact) mass is 312 g/mol. The predicted molar refractivity (Wildman–Crippen MR) is 83.7 cm³/mol. The van der Waals surface area contributed by atoms with Crippen LogP contribution in [0.5, 0.6) is 0 Å². The molecule has 2 heterocycles. The molecule has 22 heavy (non-hydrogen) atoms. The zero-order chi connectivity index (χ0) is 15.4. The van der Waals surface area contributed by atoms with Crippen molar-refractivity contribution in [1.82, 2.24) is 15.2 Å². The molecule has 7 heteroatoms. The predicted octanol–water partition coefficient (Wildman–Crippen LogP) is 3.19. The maximum absolute atomic E-state index is 11.7. The third-order valence-corrected chi connectivity index (χ3v) is 3.62. The minimum Gasteiger partial charge on any atom is -0.465 e. The molecular formula is C15H12N4O2S. The second-order valence-corrected chi connectivity index (χ2v) is 5.10. The Hall–Kier alpha value is -2.80. The molecule has 0 spiro atoms. The average Bonchev–Trinajstić information content (AvgIpc) is 3.10. The highest BCUT2D eigenvalue weighted by Crippen LogP contribution is 2.33. The van der Waals surface area contributed by atoms with Crippen molar-refractivity contribution in [3.8, 4) is 0 Å². The second-order valence-electron chi connectivity index (χ2n) is 4.29. The van der Waals surface area contributed by atoms with E-state index in [1.165, 1.54) is 18.4 Å². The van der Waals surface area contributed by atoms with Gasteiger partial charge < -0.3 is 4.74 Å². The lowest BCUT2D eigenvalue weighted by Crippen LogP contribution is -2.12. The van der Waals surface area contributed by atoms with Crippen LogP contribution >= 0.6 is 11.3 Å². The van der Waals surface area contributed by atoms with Gasteiger partial charge in [0.15, 0.2) is 0 Å². The highest BCUT2D eigenvalue weighted by molar-refractivity contribution is 7.13. The smallest absolute Gasteiger partial charge is 0.337 e. The molecule has 0 saturated heterocycles. The van der Waals surface area contributed by atoms with E-state index in [0.29, 0.717) is 16.5 Å². The number of hydrogen-bond donors (Lipinski definition) is 0. The fourth-order valence-corrected chi connectivity index (χ4v) is 2.57. The zero-order valence-electron chi connectivity index (χ0n) is 11.7. The van der Waals surface area contributed by atoms with Gasteiger partial charge in [-0.25, -0.2) is 9.78 Å². The molecule has 6 nitrogen and oxygen atoms in total. The topological polar surface area (TPSA) is 68.2 Å². The second kappa shape index (κ2) is 6.31. The molecule has 0 amide bonds. The number of anilines is 3. The number of ether oxygens (including phenoxy) is 1. The normalized spacial score (nSPS) is 10.2. The van der Waals surface area contributed by atoms with Crippen molar-refractivity contribution in [1.29, 1.82) is 0 Å². The number of carbonyl (C=O) groups is 1. The lowest BCUT2D eigenvalue weighted by Gasteiger charge is -2.20. The van der Waals surface area contributed by atoms with E-state index >= 15 is 0 Å². The van der Waals surface area contributed by atoms with Crippen molar-refractivity contribution in [3.63, 3.8) is 0 Å². The van der Waals surface area contributed by atoms with Crippen LogP contribution in [0.25, 0.3) is 0 Å². The van der Waals surface area contributed by atoms with E-state index in [1.54, 1.807) is 29.9 Å². The average molecular weight is 312 g/mol. The van der Waals surface area contributed by atoms with E-state index in [-0.39, 0.29) is 5.97 Å². The lowest BCUT2D eigenvalue weighted by molar-refractivity contribution is 0.0601. The SMILES string of the molecule is COC(=O)c1cccc(N(c2ccccn2)c2nncs2)c1. The van der Waals surface area contributed by atoms with Crippen LogP contribution in [0.4, 0.5) is 16.6 Å². The largest absolute Gasteiger partial charge is 0.465 e. The highest BCUT2D eigenvalue weighted by atomic mass is 32.1. The summed E-state index contributed by atoms with van der Waals surface area (Å²) in [6, 6.07) is 12.7. The summed E-state index contributed by atoms with van der Waals surface area (Å²) in [6.07, 6.45) is 1.70. The summed E-state index contributed by atoms with van der Waals surface area (Å²) in [5, 5.41) is 8.64. The van der Waals surface area contributed by atoms with Crippen LogP contribution in [-0.4, -0.2) is 28.3 Å². The fourth-order valence-electron chi connectivity index (χ4n) is 1.98. The first kappa shape index (κ1) is 14.2. The number of pyridine rings is 1. The molecule has 0 saturated carbocycles. The Morgan fingerprint density at radius 2 is 2.14 bits per heavy atom. The third-order valence-electron chi connectivity index (χ3n) is 2.94. The zero-order valence-corrected chi connectivity index (χ0v) is 12.5. The summed E-state index contributed by atoms with van der Waals surface area (Å²) in [5.74, 6) is 0.307. The van der Waals surface area contributed by atoms with E-state index in [2.05, 4.69) is 15.2 Å². The van der Waals surface area contributed by atoms with E-state index in [9.17, 15) is 4.79 Å². The molecule has 3 aromatic rings. The standard InChI is InChI=1S/C15H12N4O2S/c1-21-14(20)11-5-4-6-12(9-11)19(15-18-17-10-22-15)13-7-2-3-8-16-13/h2-10H,1H3. The van der Waals surface area contributed by atoms with Crippen LogP contribution in [0.1, 0.15) is 10.4 Å². The summed E-state index contributed by atoms with van der Waals surface area (Å²) in [4.78, 5) is 17.9. The summed E-state index contributed by atoms with van der Waals surface area (Å²) >= 11 is 1.39. The summed E-state index contributed by atoms with van der Waals surface area (Å²) < 4.78 is 4.77. The van der Waals surface area contributed by atoms with Gasteiger partial charge in [-0.2, -0.15) is 0 Å². The van der Waals surface area contributed by atoms with Gasteiger partial charge in [-0.3, -0.25) is 4.90 Å². The van der Waals surface area contributed by atoms with E-state index in [1.807, 2.05) is 29.2 Å². The number of aromatic nitrogens is 3. The Kier molecular flexibility index (Phi) is 4.06. The first-order chi connectivity index (χ1) is 10.8. The van der Waals surface area contributed by atoms with Crippen molar-refractivity contribution in [3.05, 3.63) is 59.7 Å². The Bertz CT molecular complexity index is 762. The van der Waals surface area contributed by atoms with E-state index < -0.39 is 0 Å². The third kappa shape index (κ3) is 2.79. The van der Waals surface area contributed by atoms with Crippen LogP contribution in [0.3, 0.4) is 0 Å². The molecule has 1 aromatic carbocycles. The molecule has 3 rings (SSSR count). The first-order valence-corrected chi connectivity index (χ1v) is 7.33. The summed E-state index contributed by atoms with van der Waals surface area (Å²) in [7, 11) is 1.36. The van der Waals surface area contributed by atoms with Crippen LogP contribution < -0.4 is 4.90 Å². The van der Waals surface area contributed by atoms with E-state index in [0.717, 1.165) is 5.69 Å². The Morgan fingerprint density at radius 3 is 2.82 bits per heavy atom.